The zero-order valence-electron chi connectivity index (χ0n) is 9.58. The first kappa shape index (κ1) is 12.3. The first-order valence-corrected chi connectivity index (χ1v) is 7.58. The van der Waals surface area contributed by atoms with Crippen molar-refractivity contribution in [2.75, 3.05) is 11.9 Å². The average Bonchev–Trinajstić information content (AvgIpc) is 2.67. The van der Waals surface area contributed by atoms with Crippen LogP contribution in [-0.4, -0.2) is 16.7 Å². The summed E-state index contributed by atoms with van der Waals surface area (Å²) in [6.45, 7) is 3.40. The molecule has 3 nitrogen and oxygen atoms in total. The van der Waals surface area contributed by atoms with Crippen LogP contribution in [0.5, 0.6) is 0 Å². The van der Waals surface area contributed by atoms with Gasteiger partial charge in [-0.05, 0) is 34.2 Å². The topological polar surface area (TPSA) is 37.8 Å². The molecule has 0 unspecified atom stereocenters. The molecular formula is C11H18BrN3S. The van der Waals surface area contributed by atoms with Gasteiger partial charge in [-0.1, -0.05) is 43.9 Å². The van der Waals surface area contributed by atoms with Gasteiger partial charge in [0.15, 0.2) is 3.92 Å². The van der Waals surface area contributed by atoms with Crippen molar-refractivity contribution in [2.24, 2.45) is 11.8 Å². The number of hydrogen-bond acceptors (Lipinski definition) is 4. The minimum Gasteiger partial charge on any atom is -0.360 e. The summed E-state index contributed by atoms with van der Waals surface area (Å²) in [7, 11) is 0. The van der Waals surface area contributed by atoms with E-state index in [9.17, 15) is 0 Å². The Hall–Kier alpha value is -0.160. The highest BCUT2D eigenvalue weighted by Gasteiger charge is 2.17. The van der Waals surface area contributed by atoms with Crippen LogP contribution in [0.4, 0.5) is 5.13 Å². The van der Waals surface area contributed by atoms with E-state index in [0.717, 1.165) is 27.4 Å². The van der Waals surface area contributed by atoms with Crippen molar-refractivity contribution in [3.63, 3.8) is 0 Å². The van der Waals surface area contributed by atoms with Crippen molar-refractivity contribution < 1.29 is 0 Å². The highest BCUT2D eigenvalue weighted by Crippen LogP contribution is 2.30. The number of hydrogen-bond donors (Lipinski definition) is 1. The SMILES string of the molecule is CC1CCC(CCNc2nnc(Br)s2)CC1. The monoisotopic (exact) mass is 303 g/mol. The number of nitrogens with zero attached hydrogens (tertiary/aromatic N) is 2. The van der Waals surface area contributed by atoms with Crippen molar-refractivity contribution >= 4 is 32.4 Å². The van der Waals surface area contributed by atoms with Gasteiger partial charge in [-0.2, -0.15) is 0 Å². The Bertz CT molecular complexity index is 321. The van der Waals surface area contributed by atoms with E-state index in [1.807, 2.05) is 0 Å². The van der Waals surface area contributed by atoms with Gasteiger partial charge in [0.25, 0.3) is 0 Å². The van der Waals surface area contributed by atoms with Gasteiger partial charge in [-0.3, -0.25) is 0 Å². The van der Waals surface area contributed by atoms with E-state index in [1.165, 1.54) is 32.1 Å². The lowest BCUT2D eigenvalue weighted by atomic mass is 9.81. The Morgan fingerprint density at radius 3 is 2.69 bits per heavy atom. The lowest BCUT2D eigenvalue weighted by molar-refractivity contribution is 0.282. The van der Waals surface area contributed by atoms with Crippen LogP contribution in [0, 0.1) is 11.8 Å². The first-order valence-electron chi connectivity index (χ1n) is 5.97. The van der Waals surface area contributed by atoms with Crippen molar-refractivity contribution in [3.05, 3.63) is 3.92 Å². The molecule has 1 N–H and O–H groups in total. The Kier molecular flexibility index (Phi) is 4.58. The standard InChI is InChI=1S/C11H18BrN3S/c1-8-2-4-9(5-3-8)6-7-13-11-15-14-10(12)16-11/h8-9H,2-7H2,1H3,(H,13,15). The molecule has 16 heavy (non-hydrogen) atoms. The van der Waals surface area contributed by atoms with E-state index in [4.69, 9.17) is 0 Å². The maximum atomic E-state index is 4.02. The molecule has 0 saturated heterocycles. The van der Waals surface area contributed by atoms with Crippen LogP contribution in [0.3, 0.4) is 0 Å². The van der Waals surface area contributed by atoms with Crippen LogP contribution < -0.4 is 5.32 Å². The maximum Gasteiger partial charge on any atom is 0.206 e. The molecule has 5 heteroatoms. The normalized spacial score (nSPS) is 25.6. The molecule has 1 aromatic heterocycles. The molecule has 0 atom stereocenters. The second kappa shape index (κ2) is 5.96. The molecule has 0 spiro atoms. The van der Waals surface area contributed by atoms with Crippen LogP contribution in [0.2, 0.25) is 0 Å². The van der Waals surface area contributed by atoms with E-state index in [1.54, 1.807) is 11.3 Å². The van der Waals surface area contributed by atoms with E-state index in [-0.39, 0.29) is 0 Å². The third-order valence-corrected chi connectivity index (χ3v) is 4.68. The number of aromatic nitrogens is 2. The predicted octanol–water partition coefficient (Wildman–Crippen LogP) is 3.93. The van der Waals surface area contributed by atoms with Gasteiger partial charge >= 0.3 is 0 Å². The Morgan fingerprint density at radius 2 is 2.06 bits per heavy atom. The average molecular weight is 304 g/mol. The van der Waals surface area contributed by atoms with E-state index >= 15 is 0 Å². The van der Waals surface area contributed by atoms with Crippen LogP contribution >= 0.6 is 27.3 Å². The smallest absolute Gasteiger partial charge is 0.206 e. The van der Waals surface area contributed by atoms with Gasteiger partial charge in [0.1, 0.15) is 0 Å². The van der Waals surface area contributed by atoms with Crippen LogP contribution in [0.25, 0.3) is 0 Å². The molecule has 1 heterocycles. The second-order valence-electron chi connectivity index (χ2n) is 4.70. The minimum atomic E-state index is 0.849. The fourth-order valence-electron chi connectivity index (χ4n) is 2.28. The molecule has 2 rings (SSSR count). The molecule has 1 fully saturated rings. The second-order valence-corrected chi connectivity index (χ2v) is 6.96. The van der Waals surface area contributed by atoms with Crippen molar-refractivity contribution in [2.45, 2.75) is 39.0 Å². The van der Waals surface area contributed by atoms with Gasteiger partial charge in [0.05, 0.1) is 0 Å². The third kappa shape index (κ3) is 3.70. The molecular weight excluding hydrogens is 286 g/mol. The summed E-state index contributed by atoms with van der Waals surface area (Å²) in [5, 5.41) is 12.2. The molecule has 1 aromatic rings. The van der Waals surface area contributed by atoms with Crippen LogP contribution in [-0.2, 0) is 0 Å². The lowest BCUT2D eigenvalue weighted by Crippen LogP contribution is -2.15. The molecule has 0 aliphatic heterocycles. The Morgan fingerprint density at radius 1 is 1.31 bits per heavy atom. The van der Waals surface area contributed by atoms with Crippen molar-refractivity contribution in [3.8, 4) is 0 Å². The molecule has 90 valence electrons. The Balaban J connectivity index is 1.64. The largest absolute Gasteiger partial charge is 0.360 e. The zero-order chi connectivity index (χ0) is 11.4. The molecule has 0 amide bonds. The van der Waals surface area contributed by atoms with E-state index < -0.39 is 0 Å². The summed E-state index contributed by atoms with van der Waals surface area (Å²) in [5.74, 6) is 1.86. The third-order valence-electron chi connectivity index (χ3n) is 3.36. The van der Waals surface area contributed by atoms with Crippen molar-refractivity contribution in [1.82, 2.24) is 10.2 Å². The predicted molar refractivity (Wildman–Crippen MR) is 71.8 cm³/mol. The van der Waals surface area contributed by atoms with Crippen LogP contribution in [0.1, 0.15) is 39.0 Å². The summed E-state index contributed by atoms with van der Waals surface area (Å²) in [6.07, 6.45) is 6.90. The minimum absolute atomic E-state index is 0.849. The number of halogens is 1. The fraction of sp³-hybridized carbons (Fsp3) is 0.818. The molecule has 0 radical (unpaired) electrons. The molecule has 1 aliphatic rings. The molecule has 1 saturated carbocycles. The van der Waals surface area contributed by atoms with Gasteiger partial charge in [-0.25, -0.2) is 0 Å². The van der Waals surface area contributed by atoms with Gasteiger partial charge in [0.2, 0.25) is 5.13 Å². The van der Waals surface area contributed by atoms with Gasteiger partial charge in [0, 0.05) is 6.54 Å². The summed E-state index contributed by atoms with van der Waals surface area (Å²) in [5.41, 5.74) is 0. The summed E-state index contributed by atoms with van der Waals surface area (Å²) < 4.78 is 0.849. The highest BCUT2D eigenvalue weighted by atomic mass is 79.9. The quantitative estimate of drug-likeness (QED) is 0.916. The molecule has 0 aromatic carbocycles. The lowest BCUT2D eigenvalue weighted by Gasteiger charge is -2.25. The number of nitrogens with one attached hydrogen (secondary N) is 1. The highest BCUT2D eigenvalue weighted by molar-refractivity contribution is 9.11. The first-order chi connectivity index (χ1) is 7.74. The van der Waals surface area contributed by atoms with E-state index in [0.29, 0.717) is 0 Å². The molecule has 1 aliphatic carbocycles. The van der Waals surface area contributed by atoms with Crippen molar-refractivity contribution in [1.29, 1.82) is 0 Å². The maximum absolute atomic E-state index is 4.02. The Labute approximate surface area is 109 Å². The number of anilines is 1. The summed E-state index contributed by atoms with van der Waals surface area (Å²) in [6, 6.07) is 0. The van der Waals surface area contributed by atoms with Gasteiger partial charge in [-0.15, -0.1) is 10.2 Å². The van der Waals surface area contributed by atoms with E-state index in [2.05, 4.69) is 38.4 Å². The summed E-state index contributed by atoms with van der Waals surface area (Å²) >= 11 is 4.87. The fourth-order valence-corrected chi connectivity index (χ4v) is 3.31. The molecule has 0 bridgehead atoms. The number of rotatable bonds is 4. The summed E-state index contributed by atoms with van der Waals surface area (Å²) in [4.78, 5) is 0. The zero-order valence-corrected chi connectivity index (χ0v) is 12.0. The van der Waals surface area contributed by atoms with Crippen LogP contribution in [0.15, 0.2) is 3.92 Å². The van der Waals surface area contributed by atoms with Gasteiger partial charge < -0.3 is 5.32 Å².